The lowest BCUT2D eigenvalue weighted by Crippen LogP contribution is -2.52. The van der Waals surface area contributed by atoms with E-state index in [1.165, 1.54) is 0 Å². The number of aromatic nitrogens is 3. The van der Waals surface area contributed by atoms with Gasteiger partial charge < -0.3 is 15.1 Å². The second-order valence-electron chi connectivity index (χ2n) is 8.42. The molecule has 0 radical (unpaired) electrons. The highest BCUT2D eigenvalue weighted by molar-refractivity contribution is 5.74. The molecule has 1 saturated heterocycles. The minimum atomic E-state index is -0.0716. The Labute approximate surface area is 178 Å². The SMILES string of the molecule is CC(C)(C)c1nccc(CCCNC(=O)N2CCN(c3cccc(C#N)n3)CC2)n1. The number of hydrogen-bond acceptors (Lipinski definition) is 6. The van der Waals surface area contributed by atoms with Crippen LogP contribution in [0.1, 0.15) is 44.4 Å². The number of amides is 2. The lowest BCUT2D eigenvalue weighted by atomic mass is 9.95. The van der Waals surface area contributed by atoms with Gasteiger partial charge in [0.25, 0.3) is 0 Å². The largest absolute Gasteiger partial charge is 0.353 e. The fourth-order valence-corrected chi connectivity index (χ4v) is 3.27. The maximum absolute atomic E-state index is 12.5. The van der Waals surface area contributed by atoms with Gasteiger partial charge in [-0.1, -0.05) is 26.8 Å². The molecule has 0 bridgehead atoms. The topological polar surface area (TPSA) is 98.0 Å². The van der Waals surface area contributed by atoms with Gasteiger partial charge in [-0.25, -0.2) is 19.7 Å². The predicted molar refractivity (Wildman–Crippen MR) is 115 cm³/mol. The first-order valence-electron chi connectivity index (χ1n) is 10.3. The van der Waals surface area contributed by atoms with Crippen molar-refractivity contribution in [2.75, 3.05) is 37.6 Å². The summed E-state index contributed by atoms with van der Waals surface area (Å²) in [5.74, 6) is 1.63. The second kappa shape index (κ2) is 9.53. The van der Waals surface area contributed by atoms with E-state index in [2.05, 4.69) is 52.0 Å². The summed E-state index contributed by atoms with van der Waals surface area (Å²) in [5, 5.41) is 12.0. The normalized spacial score (nSPS) is 14.3. The number of anilines is 1. The highest BCUT2D eigenvalue weighted by Crippen LogP contribution is 2.18. The molecule has 0 spiro atoms. The van der Waals surface area contributed by atoms with Crippen molar-refractivity contribution in [2.45, 2.75) is 39.0 Å². The molecule has 8 heteroatoms. The van der Waals surface area contributed by atoms with E-state index in [9.17, 15) is 4.79 Å². The first-order valence-corrected chi connectivity index (χ1v) is 10.3. The van der Waals surface area contributed by atoms with Gasteiger partial charge in [-0.3, -0.25) is 0 Å². The van der Waals surface area contributed by atoms with Crippen molar-refractivity contribution in [1.82, 2.24) is 25.2 Å². The number of urea groups is 1. The maximum Gasteiger partial charge on any atom is 0.317 e. The van der Waals surface area contributed by atoms with Crippen LogP contribution in [0.5, 0.6) is 0 Å². The molecule has 1 fully saturated rings. The van der Waals surface area contributed by atoms with Crippen molar-refractivity contribution >= 4 is 11.8 Å². The van der Waals surface area contributed by atoms with Crippen LogP contribution in [0.3, 0.4) is 0 Å². The Morgan fingerprint density at radius 1 is 1.17 bits per heavy atom. The van der Waals surface area contributed by atoms with Crippen molar-refractivity contribution in [1.29, 1.82) is 5.26 Å². The summed E-state index contributed by atoms with van der Waals surface area (Å²) in [6.07, 6.45) is 3.44. The minimum absolute atomic E-state index is 0.0357. The van der Waals surface area contributed by atoms with E-state index in [-0.39, 0.29) is 11.4 Å². The number of carbonyl (C=O) groups is 1. The van der Waals surface area contributed by atoms with E-state index in [1.807, 2.05) is 29.3 Å². The quantitative estimate of drug-likeness (QED) is 0.765. The number of pyridine rings is 1. The number of nitrogens with one attached hydrogen (secondary N) is 1. The molecule has 0 unspecified atom stereocenters. The third-order valence-electron chi connectivity index (χ3n) is 5.01. The fraction of sp³-hybridized carbons (Fsp3) is 0.500. The van der Waals surface area contributed by atoms with E-state index in [4.69, 9.17) is 5.26 Å². The third kappa shape index (κ3) is 5.66. The van der Waals surface area contributed by atoms with Crippen molar-refractivity contribution in [3.8, 4) is 6.07 Å². The molecule has 1 N–H and O–H groups in total. The van der Waals surface area contributed by atoms with Gasteiger partial charge in [0.15, 0.2) is 0 Å². The summed E-state index contributed by atoms with van der Waals surface area (Å²) < 4.78 is 0. The van der Waals surface area contributed by atoms with Gasteiger partial charge in [-0.15, -0.1) is 0 Å². The van der Waals surface area contributed by atoms with E-state index in [0.717, 1.165) is 30.2 Å². The molecule has 0 aliphatic carbocycles. The zero-order chi connectivity index (χ0) is 21.6. The van der Waals surface area contributed by atoms with Gasteiger partial charge in [0.1, 0.15) is 23.4 Å². The van der Waals surface area contributed by atoms with Gasteiger partial charge in [-0.2, -0.15) is 5.26 Å². The third-order valence-corrected chi connectivity index (χ3v) is 5.01. The lowest BCUT2D eigenvalue weighted by molar-refractivity contribution is 0.194. The van der Waals surface area contributed by atoms with Crippen molar-refractivity contribution < 1.29 is 4.79 Å². The van der Waals surface area contributed by atoms with E-state index in [0.29, 0.717) is 38.4 Å². The first kappa shape index (κ1) is 21.5. The monoisotopic (exact) mass is 407 g/mol. The summed E-state index contributed by atoms with van der Waals surface area (Å²) in [6, 6.07) is 9.39. The second-order valence-corrected chi connectivity index (χ2v) is 8.42. The van der Waals surface area contributed by atoms with Crippen molar-refractivity contribution in [2.24, 2.45) is 0 Å². The Morgan fingerprint density at radius 3 is 2.63 bits per heavy atom. The zero-order valence-electron chi connectivity index (χ0n) is 17.9. The lowest BCUT2D eigenvalue weighted by Gasteiger charge is -2.35. The molecule has 3 heterocycles. The van der Waals surface area contributed by atoms with E-state index in [1.54, 1.807) is 6.07 Å². The minimum Gasteiger partial charge on any atom is -0.353 e. The summed E-state index contributed by atoms with van der Waals surface area (Å²) in [4.78, 5) is 29.7. The molecule has 158 valence electrons. The van der Waals surface area contributed by atoms with Gasteiger partial charge in [0, 0.05) is 50.0 Å². The molecule has 2 aromatic heterocycles. The van der Waals surface area contributed by atoms with Crippen LogP contribution in [0.4, 0.5) is 10.6 Å². The number of piperazine rings is 1. The molecule has 2 amide bonds. The molecule has 3 rings (SSSR count). The number of nitriles is 1. The predicted octanol–water partition coefficient (Wildman–Crippen LogP) is 2.51. The van der Waals surface area contributed by atoms with Crippen LogP contribution in [0.25, 0.3) is 0 Å². The van der Waals surface area contributed by atoms with Crippen molar-refractivity contribution in [3.05, 3.63) is 47.7 Å². The number of carbonyl (C=O) groups excluding carboxylic acids is 1. The van der Waals surface area contributed by atoms with E-state index < -0.39 is 0 Å². The molecule has 0 atom stereocenters. The molecule has 2 aromatic rings. The van der Waals surface area contributed by atoms with Gasteiger partial charge in [0.05, 0.1) is 0 Å². The van der Waals surface area contributed by atoms with E-state index >= 15 is 0 Å². The molecule has 8 nitrogen and oxygen atoms in total. The maximum atomic E-state index is 12.5. The highest BCUT2D eigenvalue weighted by atomic mass is 16.2. The number of nitrogens with zero attached hydrogens (tertiary/aromatic N) is 6. The molecular weight excluding hydrogens is 378 g/mol. The average Bonchev–Trinajstić information content (AvgIpc) is 2.76. The van der Waals surface area contributed by atoms with Crippen LogP contribution in [-0.2, 0) is 11.8 Å². The zero-order valence-corrected chi connectivity index (χ0v) is 17.9. The molecule has 0 aromatic carbocycles. The number of rotatable bonds is 5. The van der Waals surface area contributed by atoms with Crippen molar-refractivity contribution in [3.63, 3.8) is 0 Å². The summed E-state index contributed by atoms with van der Waals surface area (Å²) in [5.41, 5.74) is 1.34. The Morgan fingerprint density at radius 2 is 1.93 bits per heavy atom. The Balaban J connectivity index is 1.41. The van der Waals surface area contributed by atoms with Gasteiger partial charge >= 0.3 is 6.03 Å². The highest BCUT2D eigenvalue weighted by Gasteiger charge is 2.22. The Hall–Kier alpha value is -3.21. The fourth-order valence-electron chi connectivity index (χ4n) is 3.27. The molecular formula is C22H29N7O. The molecule has 30 heavy (non-hydrogen) atoms. The van der Waals surface area contributed by atoms with Crippen LogP contribution in [0.2, 0.25) is 0 Å². The van der Waals surface area contributed by atoms with Crippen LogP contribution < -0.4 is 10.2 Å². The summed E-state index contributed by atoms with van der Waals surface area (Å²) >= 11 is 0. The Kier molecular flexibility index (Phi) is 6.83. The molecule has 1 aliphatic heterocycles. The number of hydrogen-bond donors (Lipinski definition) is 1. The van der Waals surface area contributed by atoms with Crippen LogP contribution in [0, 0.1) is 11.3 Å². The summed E-state index contributed by atoms with van der Waals surface area (Å²) in [6.45, 7) is 9.57. The first-order chi connectivity index (χ1) is 14.4. The van der Waals surface area contributed by atoms with Crippen LogP contribution in [-0.4, -0.2) is 58.6 Å². The van der Waals surface area contributed by atoms with Crippen LogP contribution in [0.15, 0.2) is 30.5 Å². The summed E-state index contributed by atoms with van der Waals surface area (Å²) in [7, 11) is 0. The standard InChI is InChI=1S/C22H29N7O/c1-22(2,3)20-24-11-9-17(27-20)7-5-10-25-21(30)29-14-12-28(13-15-29)19-8-4-6-18(16-23)26-19/h4,6,8-9,11H,5,7,10,12-15H2,1-3H3,(H,25,30). The Bertz CT molecular complexity index is 908. The van der Waals surface area contributed by atoms with Crippen LogP contribution >= 0.6 is 0 Å². The molecule has 0 saturated carbocycles. The average molecular weight is 408 g/mol. The smallest absolute Gasteiger partial charge is 0.317 e. The van der Waals surface area contributed by atoms with Gasteiger partial charge in [0.2, 0.25) is 0 Å². The number of aryl methyl sites for hydroxylation is 1. The van der Waals surface area contributed by atoms with Gasteiger partial charge in [-0.05, 0) is 31.0 Å². The molecule has 1 aliphatic rings.